The Bertz CT molecular complexity index is 696. The first-order valence-corrected chi connectivity index (χ1v) is 8.07. The molecule has 7 heteroatoms. The van der Waals surface area contributed by atoms with Crippen molar-refractivity contribution < 1.29 is 13.7 Å². The summed E-state index contributed by atoms with van der Waals surface area (Å²) in [5.74, 6) is 0.144. The topological polar surface area (TPSA) is 71.3 Å². The van der Waals surface area contributed by atoms with E-state index >= 15 is 4.39 Å². The minimum atomic E-state index is -1.42. The van der Waals surface area contributed by atoms with Gasteiger partial charge in [0, 0.05) is 25.4 Å². The first-order chi connectivity index (χ1) is 11.5. The number of likely N-dealkylation sites (tertiary alicyclic amines) is 1. The minimum absolute atomic E-state index is 0.185. The van der Waals surface area contributed by atoms with Gasteiger partial charge in [-0.2, -0.15) is 0 Å². The second-order valence-corrected chi connectivity index (χ2v) is 6.21. The summed E-state index contributed by atoms with van der Waals surface area (Å²) < 4.78 is 20.1. The molecule has 1 atom stereocenters. The van der Waals surface area contributed by atoms with Crippen LogP contribution in [0, 0.1) is 6.92 Å². The molecule has 2 aromatic rings. The lowest BCUT2D eigenvalue weighted by molar-refractivity contribution is -0.122. The number of aryl methyl sites for hydroxylation is 1. The van der Waals surface area contributed by atoms with Crippen LogP contribution < -0.4 is 5.32 Å². The molecule has 0 saturated carbocycles. The van der Waals surface area contributed by atoms with E-state index in [1.165, 1.54) is 0 Å². The molecule has 1 aliphatic heterocycles. The van der Waals surface area contributed by atoms with Crippen LogP contribution in [0.4, 0.5) is 10.3 Å². The van der Waals surface area contributed by atoms with Crippen LogP contribution >= 0.6 is 0 Å². The number of hydrogen-bond donors (Lipinski definition) is 1. The molecule has 0 radical (unpaired) electrons. The maximum Gasteiger partial charge on any atom is 0.243 e. The quantitative estimate of drug-likeness (QED) is 0.932. The number of piperidine rings is 1. The lowest BCUT2D eigenvalue weighted by Crippen LogP contribution is -2.49. The molecule has 3 rings (SSSR count). The van der Waals surface area contributed by atoms with Crippen molar-refractivity contribution in [1.82, 2.24) is 15.0 Å². The van der Waals surface area contributed by atoms with E-state index < -0.39 is 5.67 Å². The number of nitrogens with one attached hydrogen (secondary N) is 1. The van der Waals surface area contributed by atoms with E-state index in [1.54, 1.807) is 37.4 Å². The zero-order chi connectivity index (χ0) is 17.2. The number of pyridine rings is 1. The monoisotopic (exact) mass is 332 g/mol. The molecule has 128 valence electrons. The van der Waals surface area contributed by atoms with Gasteiger partial charge in [-0.3, -0.25) is 20.0 Å². The summed E-state index contributed by atoms with van der Waals surface area (Å²) in [5.41, 5.74) is -0.247. The molecule has 0 unspecified atom stereocenters. The van der Waals surface area contributed by atoms with E-state index in [-0.39, 0.29) is 11.9 Å². The molecule has 0 aromatic carbocycles. The maximum atomic E-state index is 15.1. The van der Waals surface area contributed by atoms with Crippen LogP contribution in [-0.4, -0.2) is 40.1 Å². The number of amides is 1. The predicted molar refractivity (Wildman–Crippen MR) is 87.2 cm³/mol. The van der Waals surface area contributed by atoms with Crippen molar-refractivity contribution in [3.05, 3.63) is 41.9 Å². The van der Waals surface area contributed by atoms with E-state index in [4.69, 9.17) is 4.52 Å². The van der Waals surface area contributed by atoms with Gasteiger partial charge in [0.25, 0.3) is 0 Å². The van der Waals surface area contributed by atoms with Crippen LogP contribution in [-0.2, 0) is 10.5 Å². The van der Waals surface area contributed by atoms with E-state index in [0.717, 1.165) is 0 Å². The van der Waals surface area contributed by atoms with Crippen molar-refractivity contribution in [1.29, 1.82) is 0 Å². The van der Waals surface area contributed by atoms with Gasteiger partial charge in [0.15, 0.2) is 5.67 Å². The summed E-state index contributed by atoms with van der Waals surface area (Å²) >= 11 is 0. The number of nitrogens with zero attached hydrogens (tertiary/aromatic N) is 3. The summed E-state index contributed by atoms with van der Waals surface area (Å²) in [6.45, 7) is 4.59. The van der Waals surface area contributed by atoms with Crippen LogP contribution in [0.3, 0.4) is 0 Å². The summed E-state index contributed by atoms with van der Waals surface area (Å²) in [6, 6.07) is 6.58. The summed E-state index contributed by atoms with van der Waals surface area (Å²) in [5, 5.41) is 6.43. The van der Waals surface area contributed by atoms with Crippen molar-refractivity contribution in [2.75, 3.05) is 18.4 Å². The average molecular weight is 332 g/mol. The maximum absolute atomic E-state index is 15.1. The van der Waals surface area contributed by atoms with Crippen LogP contribution in [0.1, 0.15) is 31.2 Å². The van der Waals surface area contributed by atoms with Gasteiger partial charge in [-0.1, -0.05) is 11.2 Å². The van der Waals surface area contributed by atoms with Crippen LogP contribution in [0.25, 0.3) is 0 Å². The van der Waals surface area contributed by atoms with E-state index in [0.29, 0.717) is 43.2 Å². The fourth-order valence-corrected chi connectivity index (χ4v) is 2.96. The number of hydrogen-bond acceptors (Lipinski definition) is 5. The Morgan fingerprint density at radius 3 is 2.75 bits per heavy atom. The minimum Gasteiger partial charge on any atom is -0.338 e. The Balaban J connectivity index is 1.58. The van der Waals surface area contributed by atoms with Crippen molar-refractivity contribution in [2.24, 2.45) is 0 Å². The number of carbonyl (C=O) groups excluding carboxylic acids is 1. The highest BCUT2D eigenvalue weighted by Gasteiger charge is 2.39. The molecule has 24 heavy (non-hydrogen) atoms. The Morgan fingerprint density at radius 1 is 1.42 bits per heavy atom. The molecule has 3 heterocycles. The van der Waals surface area contributed by atoms with Crippen molar-refractivity contribution >= 4 is 11.8 Å². The number of halogens is 1. The fourth-order valence-electron chi connectivity index (χ4n) is 2.96. The van der Waals surface area contributed by atoms with Crippen molar-refractivity contribution in [2.45, 2.75) is 38.4 Å². The van der Waals surface area contributed by atoms with Gasteiger partial charge in [0.2, 0.25) is 11.8 Å². The summed E-state index contributed by atoms with van der Waals surface area (Å²) in [7, 11) is 0. The molecule has 1 aliphatic rings. The molecular weight excluding hydrogens is 311 g/mol. The Labute approximate surface area is 140 Å². The number of rotatable bonds is 4. The number of anilines is 1. The number of aromatic nitrogens is 2. The third-order valence-electron chi connectivity index (χ3n) is 4.52. The lowest BCUT2D eigenvalue weighted by atomic mass is 9.89. The Kier molecular flexibility index (Phi) is 4.62. The van der Waals surface area contributed by atoms with Gasteiger partial charge < -0.3 is 4.52 Å². The highest BCUT2D eigenvalue weighted by molar-refractivity contribution is 5.93. The highest BCUT2D eigenvalue weighted by Crippen LogP contribution is 2.36. The molecule has 0 aliphatic carbocycles. The summed E-state index contributed by atoms with van der Waals surface area (Å²) in [4.78, 5) is 18.4. The van der Waals surface area contributed by atoms with Gasteiger partial charge in [0.05, 0.1) is 17.4 Å². The van der Waals surface area contributed by atoms with Crippen LogP contribution in [0.5, 0.6) is 0 Å². The molecule has 0 bridgehead atoms. The van der Waals surface area contributed by atoms with E-state index in [9.17, 15) is 4.79 Å². The Morgan fingerprint density at radius 2 is 2.17 bits per heavy atom. The van der Waals surface area contributed by atoms with E-state index in [1.807, 2.05) is 11.8 Å². The smallest absolute Gasteiger partial charge is 0.243 e. The molecular formula is C17H21FN4O2. The van der Waals surface area contributed by atoms with Gasteiger partial charge >= 0.3 is 0 Å². The van der Waals surface area contributed by atoms with Crippen molar-refractivity contribution in [3.63, 3.8) is 0 Å². The van der Waals surface area contributed by atoms with Gasteiger partial charge in [0.1, 0.15) is 0 Å². The Hall–Kier alpha value is -2.28. The molecule has 1 fully saturated rings. The first kappa shape index (κ1) is 16.6. The molecule has 1 amide bonds. The standard InChI is InChI=1S/C17H21FN4O2/c1-12-11-15(24-21-12)20-16(23)13(2)22-9-6-17(18,7-10-22)14-5-3-4-8-19-14/h3-5,8,11,13H,6-7,9-10H2,1-2H3,(H,20,23)/t13-/m1/s1. The molecule has 1 saturated heterocycles. The lowest BCUT2D eigenvalue weighted by Gasteiger charge is -2.38. The zero-order valence-corrected chi connectivity index (χ0v) is 13.8. The second-order valence-electron chi connectivity index (χ2n) is 6.21. The number of alkyl halides is 1. The van der Waals surface area contributed by atoms with Gasteiger partial charge in [-0.15, -0.1) is 0 Å². The van der Waals surface area contributed by atoms with Gasteiger partial charge in [-0.05, 0) is 38.8 Å². The van der Waals surface area contributed by atoms with Crippen LogP contribution in [0.15, 0.2) is 35.0 Å². The van der Waals surface area contributed by atoms with Gasteiger partial charge in [-0.25, -0.2) is 4.39 Å². The number of carbonyl (C=O) groups is 1. The fraction of sp³-hybridized carbons (Fsp3) is 0.471. The molecule has 2 aromatic heterocycles. The second kappa shape index (κ2) is 6.68. The summed E-state index contributed by atoms with van der Waals surface area (Å²) in [6.07, 6.45) is 2.25. The zero-order valence-electron chi connectivity index (χ0n) is 13.8. The molecule has 1 N–H and O–H groups in total. The third kappa shape index (κ3) is 3.46. The molecule has 0 spiro atoms. The normalized spacial score (nSPS) is 19.0. The third-order valence-corrected chi connectivity index (χ3v) is 4.52. The van der Waals surface area contributed by atoms with E-state index in [2.05, 4.69) is 15.5 Å². The highest BCUT2D eigenvalue weighted by atomic mass is 19.1. The molecule has 6 nitrogen and oxygen atoms in total. The van der Waals surface area contributed by atoms with Crippen molar-refractivity contribution in [3.8, 4) is 0 Å². The average Bonchev–Trinajstić information content (AvgIpc) is 3.00. The SMILES string of the molecule is Cc1cc(NC(=O)[C@@H](C)N2CCC(F)(c3ccccn3)CC2)on1. The van der Waals surface area contributed by atoms with Crippen LogP contribution in [0.2, 0.25) is 0 Å². The first-order valence-electron chi connectivity index (χ1n) is 8.07. The predicted octanol–water partition coefficient (Wildman–Crippen LogP) is 2.67. The largest absolute Gasteiger partial charge is 0.338 e.